The van der Waals surface area contributed by atoms with E-state index >= 15 is 0 Å². The highest BCUT2D eigenvalue weighted by atomic mass is 19.1. The molecule has 1 amide bonds. The van der Waals surface area contributed by atoms with E-state index in [0.29, 0.717) is 6.54 Å². The summed E-state index contributed by atoms with van der Waals surface area (Å²) in [7, 11) is 0. The second kappa shape index (κ2) is 4.71. The van der Waals surface area contributed by atoms with Gasteiger partial charge in [0.25, 0.3) is 0 Å². The van der Waals surface area contributed by atoms with Gasteiger partial charge in [-0.15, -0.1) is 0 Å². The number of benzene rings is 1. The van der Waals surface area contributed by atoms with Crippen LogP contribution >= 0.6 is 0 Å². The maximum absolute atomic E-state index is 13.1. The van der Waals surface area contributed by atoms with E-state index < -0.39 is 0 Å². The van der Waals surface area contributed by atoms with E-state index in [2.05, 4.69) is 0 Å². The Labute approximate surface area is 107 Å². The van der Waals surface area contributed by atoms with Crippen molar-refractivity contribution in [3.05, 3.63) is 29.6 Å². The molecule has 0 unspecified atom stereocenters. The molecule has 0 bridgehead atoms. The van der Waals surface area contributed by atoms with Crippen LogP contribution in [0.3, 0.4) is 0 Å². The van der Waals surface area contributed by atoms with Crippen LogP contribution in [0.2, 0.25) is 0 Å². The van der Waals surface area contributed by atoms with Crippen molar-refractivity contribution in [1.82, 2.24) is 0 Å². The lowest BCUT2D eigenvalue weighted by Gasteiger charge is -2.26. The Balaban J connectivity index is 1.80. The second-order valence-corrected chi connectivity index (χ2v) is 5.35. The first-order valence-electron chi connectivity index (χ1n) is 6.85. The molecule has 0 N–H and O–H groups in total. The maximum atomic E-state index is 13.1. The molecular weight excluding hydrogens is 229 g/mol. The summed E-state index contributed by atoms with van der Waals surface area (Å²) in [5.74, 6) is 0.232. The average Bonchev–Trinajstić information content (AvgIpc) is 2.81. The predicted molar refractivity (Wildman–Crippen MR) is 69.0 cm³/mol. The van der Waals surface area contributed by atoms with Gasteiger partial charge in [-0.3, -0.25) is 4.79 Å². The summed E-state index contributed by atoms with van der Waals surface area (Å²) in [5.41, 5.74) is 1.89. The standard InChI is InChI=1S/C15H18FNO/c16-13-6-7-14-12(10-13)8-9-17(14)15(18)11-4-2-1-3-5-11/h6-7,10-11H,1-5,8-9H2. The van der Waals surface area contributed by atoms with Crippen LogP contribution in [0.1, 0.15) is 37.7 Å². The molecule has 3 rings (SSSR count). The van der Waals surface area contributed by atoms with Gasteiger partial charge in [0, 0.05) is 18.2 Å². The Kier molecular flexibility index (Phi) is 3.06. The molecule has 1 saturated carbocycles. The van der Waals surface area contributed by atoms with E-state index in [9.17, 15) is 9.18 Å². The first-order chi connectivity index (χ1) is 8.75. The first-order valence-corrected chi connectivity index (χ1v) is 6.85. The van der Waals surface area contributed by atoms with Gasteiger partial charge in [-0.05, 0) is 43.0 Å². The van der Waals surface area contributed by atoms with E-state index in [4.69, 9.17) is 0 Å². The number of amides is 1. The van der Waals surface area contributed by atoms with E-state index in [1.54, 1.807) is 12.1 Å². The number of rotatable bonds is 1. The molecule has 1 aliphatic carbocycles. The largest absolute Gasteiger partial charge is 0.312 e. The number of fused-ring (bicyclic) bond motifs is 1. The summed E-state index contributed by atoms with van der Waals surface area (Å²) in [6, 6.07) is 4.76. The van der Waals surface area contributed by atoms with E-state index in [1.807, 2.05) is 4.90 Å². The van der Waals surface area contributed by atoms with Crippen LogP contribution in [-0.2, 0) is 11.2 Å². The second-order valence-electron chi connectivity index (χ2n) is 5.35. The van der Waals surface area contributed by atoms with E-state index in [0.717, 1.165) is 30.5 Å². The van der Waals surface area contributed by atoms with E-state index in [-0.39, 0.29) is 17.6 Å². The van der Waals surface area contributed by atoms with Gasteiger partial charge in [-0.2, -0.15) is 0 Å². The van der Waals surface area contributed by atoms with Gasteiger partial charge in [0.1, 0.15) is 5.82 Å². The van der Waals surface area contributed by atoms with Crippen molar-refractivity contribution in [2.75, 3.05) is 11.4 Å². The summed E-state index contributed by atoms with van der Waals surface area (Å²) in [5, 5.41) is 0. The first kappa shape index (κ1) is 11.7. The van der Waals surface area contributed by atoms with Crippen LogP contribution in [0.15, 0.2) is 18.2 Å². The van der Waals surface area contributed by atoms with Crippen molar-refractivity contribution in [3.63, 3.8) is 0 Å². The molecule has 0 atom stereocenters. The predicted octanol–water partition coefficient (Wildman–Crippen LogP) is 3.30. The Bertz CT molecular complexity index is 466. The summed E-state index contributed by atoms with van der Waals surface area (Å²) < 4.78 is 13.1. The molecule has 0 saturated heterocycles. The summed E-state index contributed by atoms with van der Waals surface area (Å²) in [6.45, 7) is 0.716. The molecule has 2 nitrogen and oxygen atoms in total. The van der Waals surface area contributed by atoms with Crippen molar-refractivity contribution in [3.8, 4) is 0 Å². The molecule has 0 spiro atoms. The third-order valence-electron chi connectivity index (χ3n) is 4.16. The van der Waals surface area contributed by atoms with Gasteiger partial charge in [0.2, 0.25) is 5.91 Å². The van der Waals surface area contributed by atoms with Gasteiger partial charge in [0.05, 0.1) is 0 Å². The number of carbonyl (C=O) groups is 1. The highest BCUT2D eigenvalue weighted by molar-refractivity contribution is 5.97. The molecule has 1 aromatic carbocycles. The molecule has 0 radical (unpaired) electrons. The number of hydrogen-bond donors (Lipinski definition) is 0. The molecule has 1 aliphatic heterocycles. The van der Waals surface area contributed by atoms with Crippen molar-refractivity contribution in [2.24, 2.45) is 5.92 Å². The van der Waals surface area contributed by atoms with Crippen molar-refractivity contribution < 1.29 is 9.18 Å². The Morgan fingerprint density at radius 2 is 2.00 bits per heavy atom. The zero-order valence-electron chi connectivity index (χ0n) is 10.5. The molecule has 18 heavy (non-hydrogen) atoms. The molecule has 3 heteroatoms. The lowest BCUT2D eigenvalue weighted by Crippen LogP contribution is -2.35. The quantitative estimate of drug-likeness (QED) is 0.745. The summed E-state index contributed by atoms with van der Waals surface area (Å²) in [4.78, 5) is 14.3. The average molecular weight is 247 g/mol. The molecule has 2 aliphatic rings. The van der Waals surface area contributed by atoms with Crippen LogP contribution in [0, 0.1) is 11.7 Å². The SMILES string of the molecule is O=C(C1CCCCC1)N1CCc2cc(F)ccc21. The number of anilines is 1. The van der Waals surface area contributed by atoms with Crippen molar-refractivity contribution in [1.29, 1.82) is 0 Å². The molecule has 1 fully saturated rings. The molecule has 1 heterocycles. The van der Waals surface area contributed by atoms with Gasteiger partial charge >= 0.3 is 0 Å². The fourth-order valence-corrected chi connectivity index (χ4v) is 3.17. The zero-order chi connectivity index (χ0) is 12.5. The van der Waals surface area contributed by atoms with Gasteiger partial charge in [-0.1, -0.05) is 19.3 Å². The third kappa shape index (κ3) is 2.02. The third-order valence-corrected chi connectivity index (χ3v) is 4.16. The molecule has 96 valence electrons. The Hall–Kier alpha value is -1.38. The topological polar surface area (TPSA) is 20.3 Å². The van der Waals surface area contributed by atoms with Gasteiger partial charge in [-0.25, -0.2) is 4.39 Å². The number of carbonyl (C=O) groups excluding carboxylic acids is 1. The monoisotopic (exact) mass is 247 g/mol. The highest BCUT2D eigenvalue weighted by Crippen LogP contribution is 2.33. The van der Waals surface area contributed by atoms with Crippen molar-refractivity contribution in [2.45, 2.75) is 38.5 Å². The van der Waals surface area contributed by atoms with Crippen LogP contribution in [0.4, 0.5) is 10.1 Å². The lowest BCUT2D eigenvalue weighted by atomic mass is 9.88. The van der Waals surface area contributed by atoms with Gasteiger partial charge < -0.3 is 4.90 Å². The van der Waals surface area contributed by atoms with Crippen molar-refractivity contribution >= 4 is 11.6 Å². The van der Waals surface area contributed by atoms with Crippen LogP contribution in [-0.4, -0.2) is 12.5 Å². The Morgan fingerprint density at radius 1 is 1.22 bits per heavy atom. The van der Waals surface area contributed by atoms with Gasteiger partial charge in [0.15, 0.2) is 0 Å². The zero-order valence-corrected chi connectivity index (χ0v) is 10.5. The van der Waals surface area contributed by atoms with Crippen LogP contribution < -0.4 is 4.90 Å². The molecule has 0 aromatic heterocycles. The number of halogens is 1. The minimum absolute atomic E-state index is 0.190. The fraction of sp³-hybridized carbons (Fsp3) is 0.533. The fourth-order valence-electron chi connectivity index (χ4n) is 3.17. The maximum Gasteiger partial charge on any atom is 0.230 e. The normalized spacial score (nSPS) is 19.9. The Morgan fingerprint density at radius 3 is 2.78 bits per heavy atom. The van der Waals surface area contributed by atoms with E-state index in [1.165, 1.54) is 25.3 Å². The van der Waals surface area contributed by atoms with Crippen LogP contribution in [0.25, 0.3) is 0 Å². The summed E-state index contributed by atoms with van der Waals surface area (Å²) in [6.07, 6.45) is 6.41. The number of hydrogen-bond acceptors (Lipinski definition) is 1. The summed E-state index contributed by atoms with van der Waals surface area (Å²) >= 11 is 0. The minimum Gasteiger partial charge on any atom is -0.312 e. The molecule has 1 aromatic rings. The highest BCUT2D eigenvalue weighted by Gasteiger charge is 2.30. The minimum atomic E-state index is -0.208. The molecular formula is C15H18FNO. The number of nitrogens with zero attached hydrogens (tertiary/aromatic N) is 1. The lowest BCUT2D eigenvalue weighted by molar-refractivity contribution is -0.123. The smallest absolute Gasteiger partial charge is 0.230 e. The van der Waals surface area contributed by atoms with Crippen LogP contribution in [0.5, 0.6) is 0 Å².